The van der Waals surface area contributed by atoms with Crippen molar-refractivity contribution in [2.75, 3.05) is 0 Å². The maximum Gasteiger partial charge on any atom is 0.402 e. The van der Waals surface area contributed by atoms with Crippen molar-refractivity contribution >= 4 is 11.1 Å². The lowest BCUT2D eigenvalue weighted by Crippen LogP contribution is -2.46. The number of benzene rings is 1. The molecule has 1 atom stereocenters. The van der Waals surface area contributed by atoms with Crippen LogP contribution in [0.3, 0.4) is 0 Å². The molecule has 0 saturated heterocycles. The Balaban J connectivity index is 2.63. The normalized spacial score (nSPS) is 21.2. The predicted octanol–water partition coefficient (Wildman–Crippen LogP) is 2.20. The third kappa shape index (κ3) is 1.32. The summed E-state index contributed by atoms with van der Waals surface area (Å²) in [5.74, 6) is 0.343. The zero-order chi connectivity index (χ0) is 13.1. The van der Waals surface area contributed by atoms with Crippen molar-refractivity contribution in [1.29, 1.82) is 0 Å². The van der Waals surface area contributed by atoms with Crippen LogP contribution in [-0.4, -0.2) is 4.57 Å². The SMILES string of the molecule is CC1CC(C)(C)n2c(=O)c(=O)oc3cccc1c32. The lowest BCUT2D eigenvalue weighted by molar-refractivity contribution is 0.284. The number of hydrogen-bond donors (Lipinski definition) is 0. The van der Waals surface area contributed by atoms with Crippen LogP contribution in [0.1, 0.15) is 38.7 Å². The summed E-state index contributed by atoms with van der Waals surface area (Å²) in [5.41, 5.74) is 0.628. The van der Waals surface area contributed by atoms with Crippen LogP contribution in [0.25, 0.3) is 11.1 Å². The van der Waals surface area contributed by atoms with E-state index in [9.17, 15) is 9.59 Å². The zero-order valence-corrected chi connectivity index (χ0v) is 10.7. The number of hydrogen-bond acceptors (Lipinski definition) is 3. The molecule has 18 heavy (non-hydrogen) atoms. The van der Waals surface area contributed by atoms with Gasteiger partial charge in [0.25, 0.3) is 0 Å². The first-order chi connectivity index (χ1) is 8.42. The Labute approximate surface area is 104 Å². The Kier molecular flexibility index (Phi) is 2.09. The van der Waals surface area contributed by atoms with Gasteiger partial charge >= 0.3 is 11.2 Å². The first-order valence-corrected chi connectivity index (χ1v) is 6.11. The van der Waals surface area contributed by atoms with Crippen LogP contribution in [0.15, 0.2) is 32.2 Å². The zero-order valence-electron chi connectivity index (χ0n) is 10.7. The van der Waals surface area contributed by atoms with Gasteiger partial charge in [-0.25, -0.2) is 4.79 Å². The van der Waals surface area contributed by atoms with Crippen molar-refractivity contribution in [2.45, 2.75) is 38.6 Å². The molecule has 4 heteroatoms. The molecule has 3 rings (SSSR count). The van der Waals surface area contributed by atoms with E-state index in [2.05, 4.69) is 6.92 Å². The van der Waals surface area contributed by atoms with Gasteiger partial charge in [-0.1, -0.05) is 19.1 Å². The quantitative estimate of drug-likeness (QED) is 0.668. The number of para-hydroxylation sites is 1. The van der Waals surface area contributed by atoms with E-state index in [0.29, 0.717) is 11.5 Å². The van der Waals surface area contributed by atoms with E-state index < -0.39 is 11.2 Å². The van der Waals surface area contributed by atoms with Crippen molar-refractivity contribution in [1.82, 2.24) is 4.57 Å². The van der Waals surface area contributed by atoms with E-state index in [1.54, 1.807) is 10.6 Å². The standard InChI is InChI=1S/C14H15NO3/c1-8-7-14(2,3)15-11-9(8)5-4-6-10(11)18-13(17)12(15)16/h4-6,8H,7H2,1-3H3. The van der Waals surface area contributed by atoms with Crippen molar-refractivity contribution in [3.05, 3.63) is 44.5 Å². The molecule has 0 N–H and O–H groups in total. The maximum atomic E-state index is 12.1. The summed E-state index contributed by atoms with van der Waals surface area (Å²) in [7, 11) is 0. The highest BCUT2D eigenvalue weighted by Crippen LogP contribution is 2.39. The highest BCUT2D eigenvalue weighted by Gasteiger charge is 2.34. The molecule has 0 radical (unpaired) electrons. The summed E-state index contributed by atoms with van der Waals surface area (Å²) in [4.78, 5) is 23.7. The molecule has 0 spiro atoms. The molecule has 2 heterocycles. The van der Waals surface area contributed by atoms with Gasteiger partial charge < -0.3 is 4.42 Å². The summed E-state index contributed by atoms with van der Waals surface area (Å²) in [5, 5.41) is 0. The second-order valence-corrected chi connectivity index (χ2v) is 5.64. The lowest BCUT2D eigenvalue weighted by atomic mass is 9.82. The smallest absolute Gasteiger partial charge is 0.402 e. The predicted molar refractivity (Wildman–Crippen MR) is 69.1 cm³/mol. The van der Waals surface area contributed by atoms with Gasteiger partial charge in [-0.05, 0) is 37.8 Å². The van der Waals surface area contributed by atoms with Gasteiger partial charge in [0, 0.05) is 5.54 Å². The van der Waals surface area contributed by atoms with Crippen LogP contribution in [0.5, 0.6) is 0 Å². The highest BCUT2D eigenvalue weighted by atomic mass is 16.4. The molecule has 1 aliphatic rings. The van der Waals surface area contributed by atoms with Crippen molar-refractivity contribution in [3.8, 4) is 0 Å². The van der Waals surface area contributed by atoms with Crippen LogP contribution < -0.4 is 11.2 Å². The fourth-order valence-corrected chi connectivity index (χ4v) is 3.12. The molecule has 0 bridgehead atoms. The monoisotopic (exact) mass is 245 g/mol. The molecule has 1 aromatic heterocycles. The molecule has 0 aliphatic carbocycles. The largest absolute Gasteiger partial charge is 0.417 e. The Morgan fingerprint density at radius 3 is 2.78 bits per heavy atom. The Morgan fingerprint density at radius 2 is 2.06 bits per heavy atom. The van der Waals surface area contributed by atoms with Crippen LogP contribution in [0.4, 0.5) is 0 Å². The molecule has 1 aliphatic heterocycles. The van der Waals surface area contributed by atoms with Crippen LogP contribution in [0, 0.1) is 0 Å². The van der Waals surface area contributed by atoms with Crippen molar-refractivity contribution in [3.63, 3.8) is 0 Å². The fourth-order valence-electron chi connectivity index (χ4n) is 3.12. The topological polar surface area (TPSA) is 52.2 Å². The molecule has 4 nitrogen and oxygen atoms in total. The molecular formula is C14H15NO3. The summed E-state index contributed by atoms with van der Waals surface area (Å²) in [6.07, 6.45) is 0.836. The molecule has 1 aromatic carbocycles. The molecular weight excluding hydrogens is 230 g/mol. The minimum absolute atomic E-state index is 0.343. The Hall–Kier alpha value is -1.84. The van der Waals surface area contributed by atoms with Gasteiger partial charge in [0.15, 0.2) is 5.58 Å². The van der Waals surface area contributed by atoms with Gasteiger partial charge in [0.1, 0.15) is 0 Å². The lowest BCUT2D eigenvalue weighted by Gasteiger charge is -2.36. The summed E-state index contributed by atoms with van der Waals surface area (Å²) in [6, 6.07) is 5.60. The Morgan fingerprint density at radius 1 is 1.33 bits per heavy atom. The van der Waals surface area contributed by atoms with E-state index in [1.807, 2.05) is 26.0 Å². The van der Waals surface area contributed by atoms with Crippen LogP contribution in [0.2, 0.25) is 0 Å². The fraction of sp³-hybridized carbons (Fsp3) is 0.429. The molecule has 0 saturated carbocycles. The number of rotatable bonds is 0. The average molecular weight is 245 g/mol. The maximum absolute atomic E-state index is 12.1. The third-order valence-corrected chi connectivity index (χ3v) is 3.78. The second-order valence-electron chi connectivity index (χ2n) is 5.64. The third-order valence-electron chi connectivity index (χ3n) is 3.78. The molecule has 0 amide bonds. The Bertz CT molecular complexity index is 752. The molecule has 2 aromatic rings. The van der Waals surface area contributed by atoms with E-state index in [0.717, 1.165) is 17.5 Å². The minimum Gasteiger partial charge on any atom is -0.417 e. The summed E-state index contributed by atoms with van der Waals surface area (Å²) in [6.45, 7) is 6.11. The first-order valence-electron chi connectivity index (χ1n) is 6.11. The van der Waals surface area contributed by atoms with Gasteiger partial charge in [-0.2, -0.15) is 0 Å². The van der Waals surface area contributed by atoms with Gasteiger partial charge in [-0.15, -0.1) is 0 Å². The van der Waals surface area contributed by atoms with E-state index in [-0.39, 0.29) is 5.54 Å². The van der Waals surface area contributed by atoms with E-state index in [1.165, 1.54) is 0 Å². The van der Waals surface area contributed by atoms with Gasteiger partial charge in [0.05, 0.1) is 5.52 Å². The van der Waals surface area contributed by atoms with Gasteiger partial charge in [-0.3, -0.25) is 9.36 Å². The van der Waals surface area contributed by atoms with Crippen molar-refractivity contribution < 1.29 is 4.42 Å². The summed E-state index contributed by atoms with van der Waals surface area (Å²) >= 11 is 0. The van der Waals surface area contributed by atoms with E-state index in [4.69, 9.17) is 4.42 Å². The first kappa shape index (κ1) is 11.3. The number of aromatic nitrogens is 1. The van der Waals surface area contributed by atoms with Crippen molar-refractivity contribution in [2.24, 2.45) is 0 Å². The van der Waals surface area contributed by atoms with Crippen LogP contribution >= 0.6 is 0 Å². The average Bonchev–Trinajstić information content (AvgIpc) is 2.27. The van der Waals surface area contributed by atoms with E-state index >= 15 is 0 Å². The van der Waals surface area contributed by atoms with Gasteiger partial charge in [0.2, 0.25) is 0 Å². The van der Waals surface area contributed by atoms with Crippen LogP contribution in [-0.2, 0) is 5.54 Å². The molecule has 94 valence electrons. The minimum atomic E-state index is -0.790. The second kappa shape index (κ2) is 3.34. The molecule has 0 fully saturated rings. The number of nitrogens with zero attached hydrogens (tertiary/aromatic N) is 1. The summed E-state index contributed by atoms with van der Waals surface area (Å²) < 4.78 is 6.70. The molecule has 1 unspecified atom stereocenters. The highest BCUT2D eigenvalue weighted by molar-refractivity contribution is 5.78.